The summed E-state index contributed by atoms with van der Waals surface area (Å²) in [6.07, 6.45) is 4.55. The minimum Gasteiger partial charge on any atom is -0.376 e. The molecule has 2 aromatic heterocycles. The zero-order valence-electron chi connectivity index (χ0n) is 13.3. The van der Waals surface area contributed by atoms with Gasteiger partial charge in [-0.05, 0) is 29.9 Å². The average Bonchev–Trinajstić information content (AvgIpc) is 3.30. The standard InChI is InChI=1S/C17H20N4O2S/c22-16(15-3-1-8-24-15)21-7-4-12-11-23-14(13(12)10-21)9-20-17-18-5-2-6-19-17/h1-3,5-6,8,12-14H,4,7,9-11H2,(H,18,19,20)/t12-,13-,14+/m1/s1. The van der Waals surface area contributed by atoms with E-state index in [1.807, 2.05) is 22.4 Å². The van der Waals surface area contributed by atoms with Gasteiger partial charge in [-0.15, -0.1) is 11.3 Å². The average molecular weight is 344 g/mol. The Morgan fingerprint density at radius 2 is 2.25 bits per heavy atom. The van der Waals surface area contributed by atoms with Gasteiger partial charge in [0.1, 0.15) is 0 Å². The van der Waals surface area contributed by atoms with Gasteiger partial charge in [0.15, 0.2) is 0 Å². The number of fused-ring (bicyclic) bond motifs is 1. The van der Waals surface area contributed by atoms with Crippen molar-refractivity contribution in [3.8, 4) is 0 Å². The molecule has 2 aromatic rings. The Morgan fingerprint density at radius 1 is 1.38 bits per heavy atom. The molecular formula is C17H20N4O2S. The number of nitrogens with one attached hydrogen (secondary N) is 1. The van der Waals surface area contributed by atoms with E-state index >= 15 is 0 Å². The van der Waals surface area contributed by atoms with Crippen LogP contribution in [0.4, 0.5) is 5.95 Å². The Morgan fingerprint density at radius 3 is 3.04 bits per heavy atom. The van der Waals surface area contributed by atoms with Gasteiger partial charge >= 0.3 is 0 Å². The second-order valence-corrected chi connectivity index (χ2v) is 7.21. The lowest BCUT2D eigenvalue weighted by atomic mass is 9.84. The van der Waals surface area contributed by atoms with E-state index in [2.05, 4.69) is 15.3 Å². The van der Waals surface area contributed by atoms with E-state index in [9.17, 15) is 4.79 Å². The molecule has 3 atom stereocenters. The van der Waals surface area contributed by atoms with Gasteiger partial charge < -0.3 is 15.0 Å². The van der Waals surface area contributed by atoms with Gasteiger partial charge in [-0.2, -0.15) is 0 Å². The topological polar surface area (TPSA) is 67.3 Å². The SMILES string of the molecule is O=C(c1cccs1)N1CC[C@@H]2CO[C@@H](CNc3ncccn3)[C@@H]2C1. The van der Waals surface area contributed by atoms with Crippen LogP contribution in [0.1, 0.15) is 16.1 Å². The van der Waals surface area contributed by atoms with Crippen molar-refractivity contribution in [3.05, 3.63) is 40.8 Å². The molecule has 2 fully saturated rings. The Balaban J connectivity index is 1.39. The molecule has 0 aliphatic carbocycles. The van der Waals surface area contributed by atoms with Crippen molar-refractivity contribution >= 4 is 23.2 Å². The predicted molar refractivity (Wildman–Crippen MR) is 92.1 cm³/mol. The van der Waals surface area contributed by atoms with Crippen LogP contribution >= 0.6 is 11.3 Å². The molecule has 2 saturated heterocycles. The van der Waals surface area contributed by atoms with Crippen molar-refractivity contribution in [2.75, 3.05) is 31.6 Å². The summed E-state index contributed by atoms with van der Waals surface area (Å²) >= 11 is 1.51. The third-order valence-electron chi connectivity index (χ3n) is 4.85. The molecule has 0 aromatic carbocycles. The van der Waals surface area contributed by atoms with Gasteiger partial charge in [0.2, 0.25) is 5.95 Å². The number of aromatic nitrogens is 2. The van der Waals surface area contributed by atoms with E-state index in [0.29, 0.717) is 24.3 Å². The first-order valence-corrected chi connectivity index (χ1v) is 9.14. The summed E-state index contributed by atoms with van der Waals surface area (Å²) in [5.41, 5.74) is 0. The highest BCUT2D eigenvalue weighted by molar-refractivity contribution is 7.12. The van der Waals surface area contributed by atoms with Crippen molar-refractivity contribution in [3.63, 3.8) is 0 Å². The van der Waals surface area contributed by atoms with Gasteiger partial charge in [0, 0.05) is 37.9 Å². The summed E-state index contributed by atoms with van der Waals surface area (Å²) in [5, 5.41) is 5.19. The normalized spacial score (nSPS) is 26.2. The number of anilines is 1. The first kappa shape index (κ1) is 15.5. The number of hydrogen-bond acceptors (Lipinski definition) is 6. The summed E-state index contributed by atoms with van der Waals surface area (Å²) in [6.45, 7) is 3.05. The summed E-state index contributed by atoms with van der Waals surface area (Å²) in [6, 6.07) is 5.62. The van der Waals surface area contributed by atoms with E-state index in [1.165, 1.54) is 11.3 Å². The molecule has 1 amide bonds. The molecule has 0 unspecified atom stereocenters. The Kier molecular flexibility index (Phi) is 4.44. The van der Waals surface area contributed by atoms with E-state index in [4.69, 9.17) is 4.74 Å². The number of amides is 1. The summed E-state index contributed by atoms with van der Waals surface area (Å²) in [7, 11) is 0. The van der Waals surface area contributed by atoms with Crippen LogP contribution in [0.2, 0.25) is 0 Å². The van der Waals surface area contributed by atoms with Crippen molar-refractivity contribution in [1.29, 1.82) is 0 Å². The number of carbonyl (C=O) groups excluding carboxylic acids is 1. The zero-order valence-corrected chi connectivity index (χ0v) is 14.1. The Labute approximate surface area is 144 Å². The van der Waals surface area contributed by atoms with Gasteiger partial charge in [0.25, 0.3) is 5.91 Å². The fourth-order valence-electron chi connectivity index (χ4n) is 3.56. The quantitative estimate of drug-likeness (QED) is 0.920. The minimum atomic E-state index is 0.0951. The van der Waals surface area contributed by atoms with Gasteiger partial charge in [-0.3, -0.25) is 4.79 Å². The number of carbonyl (C=O) groups is 1. The van der Waals surface area contributed by atoms with Gasteiger partial charge in [-0.25, -0.2) is 9.97 Å². The number of likely N-dealkylation sites (tertiary alicyclic amines) is 1. The number of hydrogen-bond donors (Lipinski definition) is 1. The number of thiophene rings is 1. The molecule has 2 aliphatic rings. The molecule has 1 N–H and O–H groups in total. The number of rotatable bonds is 4. The molecule has 4 rings (SSSR count). The lowest BCUT2D eigenvalue weighted by Crippen LogP contribution is -2.46. The van der Waals surface area contributed by atoms with Gasteiger partial charge in [0.05, 0.1) is 17.6 Å². The van der Waals surface area contributed by atoms with Crippen LogP contribution in [0.3, 0.4) is 0 Å². The maximum atomic E-state index is 12.6. The number of piperidine rings is 1. The molecule has 6 nitrogen and oxygen atoms in total. The fraction of sp³-hybridized carbons (Fsp3) is 0.471. The lowest BCUT2D eigenvalue weighted by Gasteiger charge is -2.35. The molecule has 24 heavy (non-hydrogen) atoms. The molecule has 2 aliphatic heterocycles. The molecule has 0 radical (unpaired) electrons. The van der Waals surface area contributed by atoms with Crippen LogP contribution < -0.4 is 5.32 Å². The minimum absolute atomic E-state index is 0.0951. The monoisotopic (exact) mass is 344 g/mol. The summed E-state index contributed by atoms with van der Waals surface area (Å²) in [5.74, 6) is 1.68. The van der Waals surface area contributed by atoms with E-state index in [-0.39, 0.29) is 12.0 Å². The van der Waals surface area contributed by atoms with Crippen LogP contribution in [0.15, 0.2) is 36.0 Å². The van der Waals surface area contributed by atoms with Crippen molar-refractivity contribution in [2.45, 2.75) is 12.5 Å². The largest absolute Gasteiger partial charge is 0.376 e. The van der Waals surface area contributed by atoms with Crippen LogP contribution in [0.25, 0.3) is 0 Å². The van der Waals surface area contributed by atoms with E-state index in [1.54, 1.807) is 18.5 Å². The van der Waals surface area contributed by atoms with Crippen molar-refractivity contribution < 1.29 is 9.53 Å². The predicted octanol–water partition coefficient (Wildman–Crippen LogP) is 2.13. The highest BCUT2D eigenvalue weighted by Crippen LogP contribution is 2.35. The lowest BCUT2D eigenvalue weighted by molar-refractivity contribution is 0.0580. The molecular weight excluding hydrogens is 324 g/mol. The summed E-state index contributed by atoms with van der Waals surface area (Å²) < 4.78 is 5.99. The van der Waals surface area contributed by atoms with Crippen LogP contribution in [0, 0.1) is 11.8 Å². The fourth-order valence-corrected chi connectivity index (χ4v) is 4.25. The second-order valence-electron chi connectivity index (χ2n) is 6.27. The van der Waals surface area contributed by atoms with Crippen molar-refractivity contribution in [2.24, 2.45) is 11.8 Å². The molecule has 0 bridgehead atoms. The van der Waals surface area contributed by atoms with Crippen LogP contribution in [-0.4, -0.2) is 53.1 Å². The third-order valence-corrected chi connectivity index (χ3v) is 5.71. The highest BCUT2D eigenvalue weighted by Gasteiger charge is 2.42. The molecule has 0 spiro atoms. The molecule has 7 heteroatoms. The smallest absolute Gasteiger partial charge is 0.263 e. The maximum Gasteiger partial charge on any atom is 0.263 e. The second kappa shape index (κ2) is 6.86. The zero-order chi connectivity index (χ0) is 16.4. The van der Waals surface area contributed by atoms with E-state index < -0.39 is 0 Å². The Hall–Kier alpha value is -1.99. The molecule has 126 valence electrons. The molecule has 4 heterocycles. The van der Waals surface area contributed by atoms with Crippen molar-refractivity contribution in [1.82, 2.24) is 14.9 Å². The third kappa shape index (κ3) is 3.14. The molecule has 0 saturated carbocycles. The van der Waals surface area contributed by atoms with E-state index in [0.717, 1.165) is 31.0 Å². The maximum absolute atomic E-state index is 12.6. The van der Waals surface area contributed by atoms with Crippen LogP contribution in [0.5, 0.6) is 0 Å². The highest BCUT2D eigenvalue weighted by atomic mass is 32.1. The van der Waals surface area contributed by atoms with Crippen LogP contribution in [-0.2, 0) is 4.74 Å². The number of nitrogens with zero attached hydrogens (tertiary/aromatic N) is 3. The summed E-state index contributed by atoms with van der Waals surface area (Å²) in [4.78, 5) is 23.8. The number of ether oxygens (including phenoxy) is 1. The first-order valence-electron chi connectivity index (χ1n) is 8.26. The Bertz CT molecular complexity index is 679. The first-order chi connectivity index (χ1) is 11.8. The van der Waals surface area contributed by atoms with Gasteiger partial charge in [-0.1, -0.05) is 6.07 Å².